The summed E-state index contributed by atoms with van der Waals surface area (Å²) in [7, 11) is 0. The molecule has 0 aliphatic carbocycles. The molecule has 0 radical (unpaired) electrons. The molecule has 56 valence electrons. The van der Waals surface area contributed by atoms with Crippen molar-refractivity contribution in [1.82, 2.24) is 4.98 Å². The summed E-state index contributed by atoms with van der Waals surface area (Å²) in [5, 5.41) is 0. The van der Waals surface area contributed by atoms with Crippen LogP contribution in [0, 0.1) is 18.2 Å². The van der Waals surface area contributed by atoms with E-state index in [9.17, 15) is 4.39 Å². The lowest BCUT2D eigenvalue weighted by atomic mass is 10.1. The first-order valence-corrected chi connectivity index (χ1v) is 3.30. The Bertz CT molecular complexity index is 288. The lowest BCUT2D eigenvalue weighted by Crippen LogP contribution is -1.91. The molecule has 0 fully saturated rings. The number of rotatable bonds is 1. The molecule has 11 heavy (non-hydrogen) atoms. The number of hydrogen-bond acceptors (Lipinski definition) is 1. The van der Waals surface area contributed by atoms with Crippen molar-refractivity contribution < 1.29 is 4.39 Å². The summed E-state index contributed by atoms with van der Waals surface area (Å²) < 4.78 is 12.5. The summed E-state index contributed by atoms with van der Waals surface area (Å²) in [5.41, 5.74) is 0.743. The molecule has 1 unspecified atom stereocenters. The van der Waals surface area contributed by atoms with E-state index in [1.54, 1.807) is 6.20 Å². The maximum absolute atomic E-state index is 12.5. The molecule has 1 heterocycles. The van der Waals surface area contributed by atoms with Gasteiger partial charge in [-0.25, -0.2) is 4.39 Å². The summed E-state index contributed by atoms with van der Waals surface area (Å²) in [6, 6.07) is 1.40. The van der Waals surface area contributed by atoms with E-state index in [2.05, 4.69) is 10.9 Å². The van der Waals surface area contributed by atoms with E-state index in [0.29, 0.717) is 0 Å². The van der Waals surface area contributed by atoms with Gasteiger partial charge in [0.1, 0.15) is 5.82 Å². The number of hydrogen-bond donors (Lipinski definition) is 0. The van der Waals surface area contributed by atoms with Crippen LogP contribution in [0.4, 0.5) is 4.39 Å². The highest BCUT2D eigenvalue weighted by Gasteiger charge is 2.01. The van der Waals surface area contributed by atoms with E-state index in [1.165, 1.54) is 6.07 Å². The quantitative estimate of drug-likeness (QED) is 0.556. The van der Waals surface area contributed by atoms with Gasteiger partial charge in [0, 0.05) is 12.1 Å². The van der Waals surface area contributed by atoms with E-state index < -0.39 is 0 Å². The zero-order valence-corrected chi connectivity index (χ0v) is 6.21. The van der Waals surface area contributed by atoms with Crippen LogP contribution in [0.3, 0.4) is 0 Å². The number of pyridine rings is 1. The van der Waals surface area contributed by atoms with Crippen LogP contribution >= 0.6 is 0 Å². The average Bonchev–Trinajstić information content (AvgIpc) is 2.03. The third-order valence-corrected chi connectivity index (χ3v) is 1.48. The van der Waals surface area contributed by atoms with Crippen LogP contribution in [0.2, 0.25) is 0 Å². The largest absolute Gasteiger partial charge is 0.261 e. The molecule has 0 amide bonds. The molecular formula is C9H8FN. The molecule has 0 N–H and O–H groups in total. The second kappa shape index (κ2) is 3.16. The molecule has 0 aliphatic rings. The first-order valence-electron chi connectivity index (χ1n) is 3.30. The van der Waals surface area contributed by atoms with Crippen LogP contribution in [-0.4, -0.2) is 4.98 Å². The fraction of sp³-hybridized carbons (Fsp3) is 0.222. The van der Waals surface area contributed by atoms with Gasteiger partial charge in [0.15, 0.2) is 0 Å². The van der Waals surface area contributed by atoms with Crippen LogP contribution in [0.5, 0.6) is 0 Å². The zero-order valence-electron chi connectivity index (χ0n) is 6.21. The standard InChI is InChI=1S/C9H8FN/c1-3-7(2)8-4-9(10)6-11-5-8/h1,4-7H,2H3. The second-order valence-electron chi connectivity index (χ2n) is 2.32. The van der Waals surface area contributed by atoms with Crippen LogP contribution in [0.15, 0.2) is 18.5 Å². The van der Waals surface area contributed by atoms with Crippen molar-refractivity contribution >= 4 is 0 Å². The third-order valence-electron chi connectivity index (χ3n) is 1.48. The zero-order chi connectivity index (χ0) is 8.27. The maximum atomic E-state index is 12.5. The van der Waals surface area contributed by atoms with E-state index >= 15 is 0 Å². The molecule has 0 saturated carbocycles. The molecule has 1 atom stereocenters. The first kappa shape index (κ1) is 7.74. The van der Waals surface area contributed by atoms with Crippen molar-refractivity contribution in [2.24, 2.45) is 0 Å². The predicted octanol–water partition coefficient (Wildman–Crippen LogP) is 1.96. The highest BCUT2D eigenvalue weighted by Crippen LogP contribution is 2.12. The molecule has 0 saturated heterocycles. The van der Waals surface area contributed by atoms with Crippen molar-refractivity contribution in [3.8, 4) is 12.3 Å². The first-order chi connectivity index (χ1) is 5.24. The number of nitrogens with zero attached hydrogens (tertiary/aromatic N) is 1. The molecule has 0 aromatic carbocycles. The van der Waals surface area contributed by atoms with Gasteiger partial charge < -0.3 is 0 Å². The van der Waals surface area contributed by atoms with E-state index in [-0.39, 0.29) is 11.7 Å². The molecular weight excluding hydrogens is 141 g/mol. The Hall–Kier alpha value is -1.36. The molecule has 0 aliphatic heterocycles. The van der Waals surface area contributed by atoms with Crippen molar-refractivity contribution in [1.29, 1.82) is 0 Å². The Morgan fingerprint density at radius 1 is 1.64 bits per heavy atom. The van der Waals surface area contributed by atoms with Crippen LogP contribution in [0.1, 0.15) is 18.4 Å². The van der Waals surface area contributed by atoms with Gasteiger partial charge in [-0.15, -0.1) is 6.42 Å². The van der Waals surface area contributed by atoms with Gasteiger partial charge >= 0.3 is 0 Å². The average molecular weight is 149 g/mol. The molecule has 0 bridgehead atoms. The third kappa shape index (κ3) is 1.78. The molecule has 1 aromatic heterocycles. The van der Waals surface area contributed by atoms with Gasteiger partial charge in [-0.1, -0.05) is 5.92 Å². The summed E-state index contributed by atoms with van der Waals surface area (Å²) in [4.78, 5) is 3.68. The number of terminal acetylenes is 1. The minimum absolute atomic E-state index is 0.0711. The lowest BCUT2D eigenvalue weighted by Gasteiger charge is -2.01. The minimum Gasteiger partial charge on any atom is -0.261 e. The Kier molecular flexibility index (Phi) is 2.22. The fourth-order valence-electron chi connectivity index (χ4n) is 0.761. The molecule has 0 spiro atoms. The number of aromatic nitrogens is 1. The summed E-state index contributed by atoms with van der Waals surface area (Å²) in [6.45, 7) is 1.83. The van der Waals surface area contributed by atoms with Crippen LogP contribution in [-0.2, 0) is 0 Å². The SMILES string of the molecule is C#CC(C)c1cncc(F)c1. The van der Waals surface area contributed by atoms with Gasteiger partial charge in [-0.3, -0.25) is 4.98 Å². The summed E-state index contributed by atoms with van der Waals surface area (Å²) >= 11 is 0. The Balaban J connectivity index is 2.98. The maximum Gasteiger partial charge on any atom is 0.141 e. The van der Waals surface area contributed by atoms with Crippen LogP contribution in [0.25, 0.3) is 0 Å². The smallest absolute Gasteiger partial charge is 0.141 e. The number of halogens is 1. The highest BCUT2D eigenvalue weighted by atomic mass is 19.1. The van der Waals surface area contributed by atoms with Crippen molar-refractivity contribution in [2.75, 3.05) is 0 Å². The van der Waals surface area contributed by atoms with E-state index in [4.69, 9.17) is 6.42 Å². The van der Waals surface area contributed by atoms with Crippen molar-refractivity contribution in [3.05, 3.63) is 29.8 Å². The summed E-state index contributed by atoms with van der Waals surface area (Å²) in [5.74, 6) is 2.09. The Labute approximate surface area is 65.3 Å². The van der Waals surface area contributed by atoms with Gasteiger partial charge in [-0.05, 0) is 18.6 Å². The van der Waals surface area contributed by atoms with Gasteiger partial charge in [-0.2, -0.15) is 0 Å². The monoisotopic (exact) mass is 149 g/mol. The normalized spacial score (nSPS) is 12.1. The molecule has 1 nitrogen and oxygen atoms in total. The molecule has 2 heteroatoms. The Morgan fingerprint density at radius 2 is 2.36 bits per heavy atom. The Morgan fingerprint density at radius 3 is 2.91 bits per heavy atom. The van der Waals surface area contributed by atoms with Crippen LogP contribution < -0.4 is 0 Å². The van der Waals surface area contributed by atoms with Gasteiger partial charge in [0.2, 0.25) is 0 Å². The van der Waals surface area contributed by atoms with Crippen molar-refractivity contribution in [3.63, 3.8) is 0 Å². The molecule has 1 rings (SSSR count). The van der Waals surface area contributed by atoms with E-state index in [0.717, 1.165) is 11.8 Å². The second-order valence-corrected chi connectivity index (χ2v) is 2.32. The summed E-state index contributed by atoms with van der Waals surface area (Å²) in [6.07, 6.45) is 7.89. The van der Waals surface area contributed by atoms with E-state index in [1.807, 2.05) is 6.92 Å². The minimum atomic E-state index is -0.343. The fourth-order valence-corrected chi connectivity index (χ4v) is 0.761. The topological polar surface area (TPSA) is 12.9 Å². The molecule has 1 aromatic rings. The van der Waals surface area contributed by atoms with Gasteiger partial charge in [0.05, 0.1) is 6.20 Å². The van der Waals surface area contributed by atoms with Crippen molar-refractivity contribution in [2.45, 2.75) is 12.8 Å². The highest BCUT2D eigenvalue weighted by molar-refractivity contribution is 5.22. The van der Waals surface area contributed by atoms with Gasteiger partial charge in [0.25, 0.3) is 0 Å². The predicted molar refractivity (Wildman–Crippen MR) is 41.4 cm³/mol. The lowest BCUT2D eigenvalue weighted by molar-refractivity contribution is 0.618.